The van der Waals surface area contributed by atoms with Crippen molar-refractivity contribution in [3.8, 4) is 5.75 Å². The number of benzene rings is 3. The molecule has 4 aromatic rings. The van der Waals surface area contributed by atoms with Crippen molar-refractivity contribution in [2.45, 2.75) is 32.6 Å². The average molecular weight is 604 g/mol. The van der Waals surface area contributed by atoms with Crippen LogP contribution in [0.25, 0.3) is 10.8 Å². The quantitative estimate of drug-likeness (QED) is 0.0889. The van der Waals surface area contributed by atoms with Gasteiger partial charge in [-0.25, -0.2) is 15.0 Å². The molecule has 0 spiro atoms. The highest BCUT2D eigenvalue weighted by atomic mass is 35.5. The topological polar surface area (TPSA) is 123 Å². The van der Waals surface area contributed by atoms with E-state index < -0.39 is 23.8 Å². The Bertz CT molecular complexity index is 1730. The van der Waals surface area contributed by atoms with Gasteiger partial charge in [0.15, 0.2) is 0 Å². The predicted octanol–water partition coefficient (Wildman–Crippen LogP) is 5.92. The Hall–Kier alpha value is -4.54. The van der Waals surface area contributed by atoms with Crippen molar-refractivity contribution in [1.82, 2.24) is 5.43 Å². The van der Waals surface area contributed by atoms with Crippen molar-refractivity contribution in [2.24, 2.45) is 5.10 Å². The van der Waals surface area contributed by atoms with Crippen LogP contribution in [0.5, 0.6) is 5.75 Å². The summed E-state index contributed by atoms with van der Waals surface area (Å²) in [5.74, 6) is -3.03. The molecule has 0 saturated carbocycles. The number of hydrogen-bond acceptors (Lipinski definition) is 8. The number of esters is 2. The number of fused-ring (bicyclic) bond motifs is 2. The van der Waals surface area contributed by atoms with Crippen LogP contribution in [0.1, 0.15) is 56.5 Å². The summed E-state index contributed by atoms with van der Waals surface area (Å²) in [5, 5.41) is 8.60. The first-order valence-electron chi connectivity index (χ1n) is 13.3. The van der Waals surface area contributed by atoms with E-state index in [-0.39, 0.29) is 27.9 Å². The Morgan fingerprint density at radius 1 is 0.952 bits per heavy atom. The molecule has 2 amide bonds. The van der Waals surface area contributed by atoms with Crippen LogP contribution >= 0.6 is 22.9 Å². The standard InChI is InChI=1S/C31H26ClN3O6S/c1-2-40-31(39)26-21-12-6-8-14-25(21)42-29(26)34-27(36)28(37)35-33-17-22-19-10-4-3-9-18(19)15-16-24(22)41-30(38)20-11-5-7-13-23(20)32/h3-5,7,9-11,13,15-17H,2,6,8,12,14H2,1H3,(H,34,36)(H,35,37)/b33-17+. The number of ether oxygens (including phenoxy) is 2. The van der Waals surface area contributed by atoms with Crippen LogP contribution in [0.4, 0.5) is 5.00 Å². The summed E-state index contributed by atoms with van der Waals surface area (Å²) in [6.45, 7) is 1.90. The number of hydrogen-bond donors (Lipinski definition) is 2. The SMILES string of the molecule is CCOC(=O)c1c(NC(=O)C(=O)N/N=C/c2c(OC(=O)c3ccccc3Cl)ccc3ccccc23)sc2c1CCCC2. The maximum atomic E-state index is 12.9. The number of carbonyl (C=O) groups is 4. The number of anilines is 1. The second-order valence-corrected chi connectivity index (χ2v) is 10.9. The number of rotatable bonds is 7. The van der Waals surface area contributed by atoms with Crippen LogP contribution in [0.2, 0.25) is 5.02 Å². The van der Waals surface area contributed by atoms with Crippen molar-refractivity contribution in [3.63, 3.8) is 0 Å². The zero-order valence-electron chi connectivity index (χ0n) is 22.6. The van der Waals surface area contributed by atoms with Crippen LogP contribution in [0.3, 0.4) is 0 Å². The average Bonchev–Trinajstić information content (AvgIpc) is 3.36. The van der Waals surface area contributed by atoms with E-state index in [1.54, 1.807) is 43.3 Å². The van der Waals surface area contributed by atoms with Crippen molar-refractivity contribution < 1.29 is 28.7 Å². The van der Waals surface area contributed by atoms with Gasteiger partial charge in [-0.3, -0.25) is 9.59 Å². The van der Waals surface area contributed by atoms with Crippen molar-refractivity contribution in [3.05, 3.63) is 92.8 Å². The van der Waals surface area contributed by atoms with Gasteiger partial charge in [-0.2, -0.15) is 5.10 Å². The summed E-state index contributed by atoms with van der Waals surface area (Å²) in [6, 6.07) is 17.3. The Morgan fingerprint density at radius 3 is 2.52 bits per heavy atom. The number of hydrazone groups is 1. The van der Waals surface area contributed by atoms with E-state index in [4.69, 9.17) is 21.1 Å². The molecule has 0 saturated heterocycles. The zero-order valence-corrected chi connectivity index (χ0v) is 24.1. The molecule has 214 valence electrons. The van der Waals surface area contributed by atoms with Gasteiger partial charge in [0.2, 0.25) is 0 Å². The van der Waals surface area contributed by atoms with Gasteiger partial charge in [-0.15, -0.1) is 11.3 Å². The second-order valence-electron chi connectivity index (χ2n) is 9.36. The Balaban J connectivity index is 1.35. The van der Waals surface area contributed by atoms with E-state index in [0.29, 0.717) is 22.9 Å². The molecule has 1 heterocycles. The molecule has 0 unspecified atom stereocenters. The lowest BCUT2D eigenvalue weighted by molar-refractivity contribution is -0.136. The molecule has 11 heteroatoms. The number of carbonyl (C=O) groups excluding carboxylic acids is 4. The van der Waals surface area contributed by atoms with Gasteiger partial charge < -0.3 is 14.8 Å². The molecular formula is C31H26ClN3O6S. The van der Waals surface area contributed by atoms with E-state index in [1.165, 1.54) is 17.6 Å². The third-order valence-electron chi connectivity index (χ3n) is 6.67. The molecule has 0 atom stereocenters. The van der Waals surface area contributed by atoms with Gasteiger partial charge in [0, 0.05) is 10.4 Å². The predicted molar refractivity (Wildman–Crippen MR) is 162 cm³/mol. The van der Waals surface area contributed by atoms with Gasteiger partial charge in [-0.1, -0.05) is 54.1 Å². The minimum atomic E-state index is -1.04. The Kier molecular flexibility index (Phi) is 8.94. The maximum Gasteiger partial charge on any atom is 0.345 e. The molecule has 9 nitrogen and oxygen atoms in total. The Labute approximate surface area is 250 Å². The monoisotopic (exact) mass is 603 g/mol. The minimum absolute atomic E-state index is 0.185. The van der Waals surface area contributed by atoms with Crippen molar-refractivity contribution in [2.75, 3.05) is 11.9 Å². The lowest BCUT2D eigenvalue weighted by atomic mass is 9.95. The largest absolute Gasteiger partial charge is 0.462 e. The lowest BCUT2D eigenvalue weighted by Crippen LogP contribution is -2.32. The highest BCUT2D eigenvalue weighted by molar-refractivity contribution is 7.17. The minimum Gasteiger partial charge on any atom is -0.462 e. The van der Waals surface area contributed by atoms with Gasteiger partial charge >= 0.3 is 23.8 Å². The first-order chi connectivity index (χ1) is 20.4. The van der Waals surface area contributed by atoms with E-state index in [1.807, 2.05) is 24.3 Å². The van der Waals surface area contributed by atoms with Crippen LogP contribution in [0, 0.1) is 0 Å². The maximum absolute atomic E-state index is 12.9. The van der Waals surface area contributed by atoms with Crippen LogP contribution in [0.15, 0.2) is 65.8 Å². The normalized spacial score (nSPS) is 12.5. The molecule has 1 aliphatic carbocycles. The molecule has 0 aliphatic heterocycles. The first kappa shape index (κ1) is 29.0. The molecule has 0 bridgehead atoms. The highest BCUT2D eigenvalue weighted by Gasteiger charge is 2.28. The second kappa shape index (κ2) is 13.0. The summed E-state index contributed by atoms with van der Waals surface area (Å²) in [7, 11) is 0. The number of aryl methyl sites for hydroxylation is 1. The molecule has 0 radical (unpaired) electrons. The van der Waals surface area contributed by atoms with Crippen LogP contribution in [-0.2, 0) is 27.2 Å². The smallest absolute Gasteiger partial charge is 0.345 e. The number of nitrogens with one attached hydrogen (secondary N) is 2. The molecule has 1 aromatic heterocycles. The van der Waals surface area contributed by atoms with Crippen molar-refractivity contribution in [1.29, 1.82) is 0 Å². The number of nitrogens with zero attached hydrogens (tertiary/aromatic N) is 1. The number of amides is 2. The van der Waals surface area contributed by atoms with Crippen LogP contribution in [-0.4, -0.2) is 36.6 Å². The lowest BCUT2D eigenvalue weighted by Gasteiger charge is -2.12. The molecule has 1 aliphatic rings. The summed E-state index contributed by atoms with van der Waals surface area (Å²) in [6.07, 6.45) is 4.73. The van der Waals surface area contributed by atoms with E-state index in [0.717, 1.165) is 35.1 Å². The number of thiophene rings is 1. The Morgan fingerprint density at radius 2 is 1.71 bits per heavy atom. The fraction of sp³-hybridized carbons (Fsp3) is 0.194. The highest BCUT2D eigenvalue weighted by Crippen LogP contribution is 2.38. The van der Waals surface area contributed by atoms with Crippen molar-refractivity contribution >= 4 is 68.7 Å². The van der Waals surface area contributed by atoms with Gasteiger partial charge in [0.05, 0.1) is 29.0 Å². The van der Waals surface area contributed by atoms with Gasteiger partial charge in [0.1, 0.15) is 10.8 Å². The number of halogens is 1. The zero-order chi connectivity index (χ0) is 29.6. The van der Waals surface area contributed by atoms with Gasteiger partial charge in [0.25, 0.3) is 0 Å². The van der Waals surface area contributed by atoms with Gasteiger partial charge in [-0.05, 0) is 67.1 Å². The third kappa shape index (κ3) is 6.19. The molecular weight excluding hydrogens is 578 g/mol. The first-order valence-corrected chi connectivity index (χ1v) is 14.5. The molecule has 5 rings (SSSR count). The molecule has 2 N–H and O–H groups in total. The summed E-state index contributed by atoms with van der Waals surface area (Å²) in [4.78, 5) is 52.0. The summed E-state index contributed by atoms with van der Waals surface area (Å²) < 4.78 is 10.9. The summed E-state index contributed by atoms with van der Waals surface area (Å²) in [5.41, 5.74) is 3.99. The fourth-order valence-corrected chi connectivity index (χ4v) is 6.20. The molecule has 0 fully saturated rings. The van der Waals surface area contributed by atoms with E-state index in [2.05, 4.69) is 15.8 Å². The van der Waals surface area contributed by atoms with E-state index >= 15 is 0 Å². The summed E-state index contributed by atoms with van der Waals surface area (Å²) >= 11 is 7.44. The van der Waals surface area contributed by atoms with Crippen LogP contribution < -0.4 is 15.5 Å². The fourth-order valence-electron chi connectivity index (χ4n) is 4.72. The third-order valence-corrected chi connectivity index (χ3v) is 8.21. The van der Waals surface area contributed by atoms with E-state index in [9.17, 15) is 19.2 Å². The molecule has 42 heavy (non-hydrogen) atoms. The molecule has 3 aromatic carbocycles.